The maximum absolute atomic E-state index is 11.6. The Hall–Kier alpha value is -2.87. The fraction of sp³-hybridized carbons (Fsp3) is 0.353. The zero-order valence-electron chi connectivity index (χ0n) is 14.1. The topological polar surface area (TPSA) is 84.9 Å². The van der Waals surface area contributed by atoms with Gasteiger partial charge in [0.15, 0.2) is 5.65 Å². The van der Waals surface area contributed by atoms with E-state index in [1.165, 1.54) is 0 Å². The van der Waals surface area contributed by atoms with Crippen LogP contribution < -0.4 is 4.90 Å². The van der Waals surface area contributed by atoms with Crippen LogP contribution in [0.25, 0.3) is 17.0 Å². The van der Waals surface area contributed by atoms with Gasteiger partial charge in [0.1, 0.15) is 11.4 Å². The number of anilines is 1. The summed E-state index contributed by atoms with van der Waals surface area (Å²) in [6.07, 6.45) is 3.46. The van der Waals surface area contributed by atoms with Gasteiger partial charge in [-0.2, -0.15) is 5.10 Å². The summed E-state index contributed by atoms with van der Waals surface area (Å²) < 4.78 is 9.07. The summed E-state index contributed by atoms with van der Waals surface area (Å²) in [5.41, 5.74) is 2.36. The zero-order chi connectivity index (χ0) is 17.6. The number of nitrogens with zero attached hydrogens (tertiary/aromatic N) is 5. The first-order valence-corrected chi connectivity index (χ1v) is 8.14. The lowest BCUT2D eigenvalue weighted by Gasteiger charge is -2.34. The molecule has 4 rings (SSSR count). The third-order valence-electron chi connectivity index (χ3n) is 4.58. The molecular formula is C17H19N5O3. The van der Waals surface area contributed by atoms with E-state index in [2.05, 4.69) is 21.9 Å². The number of carbonyl (C=O) groups is 1. The molecular weight excluding hydrogens is 322 g/mol. The Morgan fingerprint density at radius 1 is 1.36 bits per heavy atom. The minimum atomic E-state index is -0.988. The van der Waals surface area contributed by atoms with Gasteiger partial charge in [-0.3, -0.25) is 9.08 Å². The van der Waals surface area contributed by atoms with E-state index in [9.17, 15) is 9.90 Å². The second kappa shape index (κ2) is 5.89. The lowest BCUT2D eigenvalue weighted by atomic mass is 10.2. The summed E-state index contributed by atoms with van der Waals surface area (Å²) in [7, 11) is 1.86. The van der Waals surface area contributed by atoms with Crippen LogP contribution in [0.2, 0.25) is 0 Å². The van der Waals surface area contributed by atoms with Gasteiger partial charge in [0, 0.05) is 32.1 Å². The molecule has 8 heteroatoms. The van der Waals surface area contributed by atoms with E-state index in [-0.39, 0.29) is 11.6 Å². The Bertz CT molecular complexity index is 945. The van der Waals surface area contributed by atoms with Crippen LogP contribution in [0.15, 0.2) is 30.6 Å². The van der Waals surface area contributed by atoms with Gasteiger partial charge < -0.3 is 14.7 Å². The number of fused-ring (bicyclic) bond motifs is 1. The molecule has 1 N–H and O–H groups in total. The van der Waals surface area contributed by atoms with E-state index in [0.29, 0.717) is 18.9 Å². The summed E-state index contributed by atoms with van der Waals surface area (Å²) in [5, 5.41) is 13.7. The van der Waals surface area contributed by atoms with Crippen molar-refractivity contribution < 1.29 is 14.6 Å². The minimum absolute atomic E-state index is 0.173. The number of morpholine rings is 1. The third kappa shape index (κ3) is 2.54. The maximum Gasteiger partial charge on any atom is 0.339 e. The van der Waals surface area contributed by atoms with Gasteiger partial charge in [0.05, 0.1) is 30.6 Å². The Balaban J connectivity index is 1.96. The molecule has 0 spiro atoms. The normalized spacial score (nSPS) is 18.0. The zero-order valence-corrected chi connectivity index (χ0v) is 14.1. The first kappa shape index (κ1) is 15.6. The van der Waals surface area contributed by atoms with Gasteiger partial charge in [-0.25, -0.2) is 9.78 Å². The summed E-state index contributed by atoms with van der Waals surface area (Å²) in [6.45, 7) is 4.05. The monoisotopic (exact) mass is 341 g/mol. The van der Waals surface area contributed by atoms with Crippen LogP contribution in [0.5, 0.6) is 0 Å². The van der Waals surface area contributed by atoms with Crippen molar-refractivity contribution in [3.05, 3.63) is 36.2 Å². The Kier molecular flexibility index (Phi) is 3.69. The van der Waals surface area contributed by atoms with E-state index < -0.39 is 5.97 Å². The molecule has 0 unspecified atom stereocenters. The lowest BCUT2D eigenvalue weighted by Crippen LogP contribution is -2.44. The molecule has 130 valence electrons. The van der Waals surface area contributed by atoms with E-state index in [1.807, 2.05) is 19.2 Å². The molecule has 1 atom stereocenters. The molecule has 1 saturated heterocycles. The van der Waals surface area contributed by atoms with Crippen molar-refractivity contribution in [2.75, 3.05) is 24.7 Å². The number of ether oxygens (including phenoxy) is 1. The van der Waals surface area contributed by atoms with Crippen molar-refractivity contribution in [1.82, 2.24) is 19.2 Å². The Labute approximate surface area is 144 Å². The fourth-order valence-corrected chi connectivity index (χ4v) is 3.27. The highest BCUT2D eigenvalue weighted by molar-refractivity contribution is 5.95. The largest absolute Gasteiger partial charge is 0.478 e. The van der Waals surface area contributed by atoms with Crippen LogP contribution in [0.1, 0.15) is 17.3 Å². The predicted octanol–water partition coefficient (Wildman–Crippen LogP) is 1.66. The highest BCUT2D eigenvalue weighted by Gasteiger charge is 2.24. The number of rotatable bonds is 3. The average Bonchev–Trinajstić information content (AvgIpc) is 3.20. The average molecular weight is 341 g/mol. The van der Waals surface area contributed by atoms with E-state index in [0.717, 1.165) is 23.8 Å². The molecule has 0 radical (unpaired) electrons. The van der Waals surface area contributed by atoms with E-state index in [4.69, 9.17) is 4.74 Å². The first-order chi connectivity index (χ1) is 12.1. The molecule has 0 aliphatic carbocycles. The molecule has 0 bridgehead atoms. The van der Waals surface area contributed by atoms with Crippen LogP contribution in [0.3, 0.4) is 0 Å². The van der Waals surface area contributed by atoms with Gasteiger partial charge in [-0.1, -0.05) is 0 Å². The maximum atomic E-state index is 11.6. The van der Waals surface area contributed by atoms with Crippen molar-refractivity contribution in [2.24, 2.45) is 7.05 Å². The quantitative estimate of drug-likeness (QED) is 0.780. The van der Waals surface area contributed by atoms with Crippen molar-refractivity contribution in [2.45, 2.75) is 13.0 Å². The smallest absolute Gasteiger partial charge is 0.339 e. The number of aryl methyl sites for hydroxylation is 1. The molecule has 1 aliphatic heterocycles. The number of carboxylic acid groups (broad SMARTS) is 1. The van der Waals surface area contributed by atoms with Crippen LogP contribution >= 0.6 is 0 Å². The Morgan fingerprint density at radius 2 is 2.20 bits per heavy atom. The van der Waals surface area contributed by atoms with Gasteiger partial charge in [0.25, 0.3) is 0 Å². The summed E-state index contributed by atoms with van der Waals surface area (Å²) in [4.78, 5) is 18.4. The number of hydrogen-bond donors (Lipinski definition) is 1. The number of hydrogen-bond acceptors (Lipinski definition) is 5. The molecule has 25 heavy (non-hydrogen) atoms. The minimum Gasteiger partial charge on any atom is -0.478 e. The van der Waals surface area contributed by atoms with Gasteiger partial charge >= 0.3 is 5.97 Å². The fourth-order valence-electron chi connectivity index (χ4n) is 3.27. The van der Waals surface area contributed by atoms with Gasteiger partial charge in [-0.05, 0) is 19.1 Å². The summed E-state index contributed by atoms with van der Waals surface area (Å²) >= 11 is 0. The SMILES string of the molecule is C[C@@H]1COCCN1c1cc(-c2ccnn2C)n2ccc(C(=O)O)c2n1. The number of aromatic nitrogens is 4. The standard InChI is InChI=1S/C17H19N5O3/c1-11-10-25-8-7-21(11)15-9-14(13-3-5-18-20(13)2)22-6-4-12(17(23)24)16(22)19-15/h3-6,9,11H,7-8,10H2,1-2H3,(H,23,24)/t11-/m1/s1. The third-order valence-corrected chi connectivity index (χ3v) is 4.58. The van der Waals surface area contributed by atoms with Crippen molar-refractivity contribution in [3.8, 4) is 11.4 Å². The van der Waals surface area contributed by atoms with Crippen molar-refractivity contribution in [1.29, 1.82) is 0 Å². The highest BCUT2D eigenvalue weighted by Crippen LogP contribution is 2.28. The molecule has 1 aliphatic rings. The van der Waals surface area contributed by atoms with Crippen molar-refractivity contribution >= 4 is 17.4 Å². The van der Waals surface area contributed by atoms with Gasteiger partial charge in [0.2, 0.25) is 0 Å². The lowest BCUT2D eigenvalue weighted by molar-refractivity contribution is 0.0699. The number of carboxylic acids is 1. The first-order valence-electron chi connectivity index (χ1n) is 8.14. The van der Waals surface area contributed by atoms with Crippen molar-refractivity contribution in [3.63, 3.8) is 0 Å². The summed E-state index contributed by atoms with van der Waals surface area (Å²) in [5.74, 6) is -0.237. The number of aromatic carboxylic acids is 1. The predicted molar refractivity (Wildman–Crippen MR) is 92.0 cm³/mol. The second-order valence-electron chi connectivity index (χ2n) is 6.19. The highest BCUT2D eigenvalue weighted by atomic mass is 16.5. The summed E-state index contributed by atoms with van der Waals surface area (Å²) in [6, 6.07) is 5.64. The van der Waals surface area contributed by atoms with Crippen LogP contribution in [0, 0.1) is 0 Å². The second-order valence-corrected chi connectivity index (χ2v) is 6.19. The molecule has 8 nitrogen and oxygen atoms in total. The van der Waals surface area contributed by atoms with Crippen LogP contribution in [-0.4, -0.2) is 56.0 Å². The van der Waals surface area contributed by atoms with E-state index in [1.54, 1.807) is 27.5 Å². The van der Waals surface area contributed by atoms with Crippen LogP contribution in [0.4, 0.5) is 5.82 Å². The molecule has 1 fully saturated rings. The molecule has 3 aromatic heterocycles. The molecule has 0 amide bonds. The molecule has 3 aromatic rings. The Morgan fingerprint density at radius 3 is 2.88 bits per heavy atom. The molecule has 0 aromatic carbocycles. The van der Waals surface area contributed by atoms with Gasteiger partial charge in [-0.15, -0.1) is 0 Å². The van der Waals surface area contributed by atoms with E-state index >= 15 is 0 Å². The van der Waals surface area contributed by atoms with Crippen LogP contribution in [-0.2, 0) is 11.8 Å². The molecule has 0 saturated carbocycles. The molecule has 4 heterocycles.